The Morgan fingerprint density at radius 3 is 2.38 bits per heavy atom. The van der Waals surface area contributed by atoms with Gasteiger partial charge in [-0.2, -0.15) is 0 Å². The molecule has 0 heterocycles. The van der Waals surface area contributed by atoms with Crippen LogP contribution in [0.1, 0.15) is 57.8 Å². The van der Waals surface area contributed by atoms with E-state index in [0.29, 0.717) is 24.3 Å². The van der Waals surface area contributed by atoms with Crippen LogP contribution in [0.3, 0.4) is 0 Å². The van der Waals surface area contributed by atoms with Crippen molar-refractivity contribution in [3.63, 3.8) is 0 Å². The van der Waals surface area contributed by atoms with E-state index >= 15 is 0 Å². The Hall–Kier alpha value is -2.29. The van der Waals surface area contributed by atoms with E-state index in [4.69, 9.17) is 10.1 Å². The fraction of sp³-hybridized carbons (Fsp3) is 0.611. The van der Waals surface area contributed by atoms with Crippen molar-refractivity contribution in [2.24, 2.45) is 0 Å². The predicted molar refractivity (Wildman–Crippen MR) is 91.5 cm³/mol. The van der Waals surface area contributed by atoms with Crippen molar-refractivity contribution in [1.29, 1.82) is 5.39 Å². The van der Waals surface area contributed by atoms with E-state index in [0.717, 1.165) is 38.5 Å². The molecule has 0 amide bonds. The van der Waals surface area contributed by atoms with Crippen molar-refractivity contribution >= 4 is 5.97 Å². The largest absolute Gasteiger partial charge is 0.480 e. The molecule has 0 aliphatic heterocycles. The number of allylic oxidation sites excluding steroid dienone is 3. The molecule has 0 unspecified atom stereocenters. The smallest absolute Gasteiger partial charge is 0.399 e. The molecule has 0 aromatic heterocycles. The number of carbonyl (C=O) groups is 1. The normalized spacial score (nSPS) is 14.9. The van der Waals surface area contributed by atoms with Crippen LogP contribution in [-0.2, 0) is 14.3 Å². The molecule has 1 aliphatic rings. The quantitative estimate of drug-likeness (QED) is 0.240. The van der Waals surface area contributed by atoms with Gasteiger partial charge in [0.2, 0.25) is 5.39 Å². The topological polar surface area (TPSA) is 83.9 Å². The Kier molecular flexibility index (Phi) is 10.0. The van der Waals surface area contributed by atoms with Crippen LogP contribution in [0.4, 0.5) is 0 Å². The molecule has 6 nitrogen and oxygen atoms in total. The number of methoxy groups -OCH3 is 1. The molecule has 0 fully saturated rings. The molecular formula is C18H27N2O4+. The molecule has 1 rings (SSSR count). The zero-order valence-corrected chi connectivity index (χ0v) is 14.4. The van der Waals surface area contributed by atoms with E-state index in [2.05, 4.69) is 9.71 Å². The van der Waals surface area contributed by atoms with Crippen LogP contribution in [0.2, 0.25) is 0 Å². The molecule has 0 bridgehead atoms. The molecule has 0 saturated carbocycles. The van der Waals surface area contributed by atoms with E-state index < -0.39 is 0 Å². The van der Waals surface area contributed by atoms with E-state index in [9.17, 15) is 9.90 Å². The minimum Gasteiger partial charge on any atom is -0.480 e. The van der Waals surface area contributed by atoms with Gasteiger partial charge in [-0.1, -0.05) is 44.6 Å². The highest BCUT2D eigenvalue weighted by atomic mass is 16.6. The number of ether oxygens (including phenoxy) is 2. The molecule has 0 spiro atoms. The third-order valence-electron chi connectivity index (χ3n) is 3.87. The number of aliphatic hydroxyl groups is 1. The van der Waals surface area contributed by atoms with E-state index in [-0.39, 0.29) is 11.9 Å². The lowest BCUT2D eigenvalue weighted by atomic mass is 10.1. The molecule has 0 aromatic rings. The monoisotopic (exact) mass is 335 g/mol. The van der Waals surface area contributed by atoms with Crippen LogP contribution in [0.15, 0.2) is 35.4 Å². The molecule has 0 saturated heterocycles. The van der Waals surface area contributed by atoms with Crippen LogP contribution in [0, 0.1) is 5.39 Å². The molecule has 132 valence electrons. The van der Waals surface area contributed by atoms with Gasteiger partial charge in [0.05, 0.1) is 13.7 Å². The van der Waals surface area contributed by atoms with E-state index in [1.54, 1.807) is 18.2 Å². The molecule has 0 aromatic carbocycles. The molecular weight excluding hydrogens is 308 g/mol. The van der Waals surface area contributed by atoms with Gasteiger partial charge in [0, 0.05) is 12.5 Å². The van der Waals surface area contributed by atoms with Crippen molar-refractivity contribution < 1.29 is 19.4 Å². The van der Waals surface area contributed by atoms with Crippen LogP contribution in [0.5, 0.6) is 0 Å². The number of nitrogens with zero attached hydrogens (tertiary/aromatic N) is 2. The summed E-state index contributed by atoms with van der Waals surface area (Å²) in [6, 6.07) is 0. The summed E-state index contributed by atoms with van der Waals surface area (Å²) in [5.41, 5.74) is 0.712. The second kappa shape index (κ2) is 12.2. The maximum atomic E-state index is 10.9. The number of diazo groups is 1. The second-order valence-electron chi connectivity index (χ2n) is 5.73. The maximum Gasteiger partial charge on any atom is 0.399 e. The molecule has 0 radical (unpaired) electrons. The lowest BCUT2D eigenvalue weighted by Crippen LogP contribution is -1.99. The maximum absolute atomic E-state index is 10.9. The van der Waals surface area contributed by atoms with Gasteiger partial charge in [0.1, 0.15) is 0 Å². The average molecular weight is 335 g/mol. The van der Waals surface area contributed by atoms with Crippen molar-refractivity contribution in [2.75, 3.05) is 13.7 Å². The zero-order chi connectivity index (χ0) is 17.6. The van der Waals surface area contributed by atoms with Crippen LogP contribution in [-0.4, -0.2) is 24.8 Å². The third-order valence-corrected chi connectivity index (χ3v) is 3.87. The number of carbonyl (C=O) groups excluding carboxylic acids is 1. The minimum absolute atomic E-state index is 0.128. The van der Waals surface area contributed by atoms with Crippen molar-refractivity contribution in [3.8, 4) is 0 Å². The van der Waals surface area contributed by atoms with Crippen LogP contribution < -0.4 is 0 Å². The van der Waals surface area contributed by atoms with Gasteiger partial charge in [-0.15, -0.1) is 0 Å². The van der Waals surface area contributed by atoms with Gasteiger partial charge in [-0.25, -0.2) is 0 Å². The molecule has 1 aliphatic carbocycles. The molecule has 24 heavy (non-hydrogen) atoms. The fourth-order valence-electron chi connectivity index (χ4n) is 2.46. The van der Waals surface area contributed by atoms with E-state index in [1.165, 1.54) is 20.0 Å². The first-order valence-electron chi connectivity index (χ1n) is 8.55. The predicted octanol–water partition coefficient (Wildman–Crippen LogP) is 4.76. The summed E-state index contributed by atoms with van der Waals surface area (Å²) in [5.74, 6) is -0.324. The Bertz CT molecular complexity index is 530. The first kappa shape index (κ1) is 19.8. The van der Waals surface area contributed by atoms with Gasteiger partial charge in [-0.05, 0) is 18.9 Å². The Balaban J connectivity index is 1.95. The summed E-state index contributed by atoms with van der Waals surface area (Å²) in [4.78, 5) is 14.0. The molecule has 1 N–H and O–H groups in total. The van der Waals surface area contributed by atoms with Gasteiger partial charge in [0.25, 0.3) is 5.95 Å². The van der Waals surface area contributed by atoms with Gasteiger partial charge in [0.15, 0.2) is 10.5 Å². The Labute approximate surface area is 143 Å². The highest BCUT2D eigenvalue weighted by molar-refractivity contribution is 5.68. The van der Waals surface area contributed by atoms with Gasteiger partial charge >= 0.3 is 11.7 Å². The summed E-state index contributed by atoms with van der Waals surface area (Å²) in [6.45, 7) is 0.445. The lowest BCUT2D eigenvalue weighted by molar-refractivity contribution is -0.140. The summed E-state index contributed by atoms with van der Waals surface area (Å²) in [5, 5.41) is 18.6. The summed E-state index contributed by atoms with van der Waals surface area (Å²) < 4.78 is 9.88. The highest BCUT2D eigenvalue weighted by Gasteiger charge is 2.24. The fourth-order valence-corrected chi connectivity index (χ4v) is 2.46. The minimum atomic E-state index is -0.196. The number of aliphatic hydroxyl groups excluding tert-OH is 1. The SMILES string of the molecule is COC(=O)CCCCCCCCCCO/C(O)=C1\C=CC=C1[N+]#N. The lowest BCUT2D eigenvalue weighted by Gasteiger charge is -2.05. The van der Waals surface area contributed by atoms with Crippen molar-refractivity contribution in [3.05, 3.63) is 40.4 Å². The number of esters is 1. The zero-order valence-electron chi connectivity index (χ0n) is 14.4. The highest BCUT2D eigenvalue weighted by Crippen LogP contribution is 2.22. The van der Waals surface area contributed by atoms with Crippen LogP contribution >= 0.6 is 0 Å². The first-order chi connectivity index (χ1) is 11.7. The molecule has 6 heteroatoms. The summed E-state index contributed by atoms with van der Waals surface area (Å²) >= 11 is 0. The Morgan fingerprint density at radius 1 is 1.12 bits per heavy atom. The number of rotatable bonds is 12. The first-order valence-corrected chi connectivity index (χ1v) is 8.55. The summed E-state index contributed by atoms with van der Waals surface area (Å²) in [7, 11) is 1.42. The van der Waals surface area contributed by atoms with E-state index in [1.807, 2.05) is 0 Å². The second-order valence-corrected chi connectivity index (χ2v) is 5.73. The van der Waals surface area contributed by atoms with Gasteiger partial charge in [-0.3, -0.25) is 4.79 Å². The Morgan fingerprint density at radius 2 is 1.75 bits per heavy atom. The van der Waals surface area contributed by atoms with Crippen molar-refractivity contribution in [1.82, 2.24) is 0 Å². The average Bonchev–Trinajstić information content (AvgIpc) is 3.07. The molecule has 0 atom stereocenters. The number of hydrogen-bond acceptors (Lipinski definition) is 5. The summed E-state index contributed by atoms with van der Waals surface area (Å²) in [6.07, 6.45) is 14.0. The third kappa shape index (κ3) is 7.82. The van der Waals surface area contributed by atoms with Gasteiger partial charge < -0.3 is 14.6 Å². The number of unbranched alkanes of at least 4 members (excludes halogenated alkanes) is 7. The van der Waals surface area contributed by atoms with Crippen molar-refractivity contribution in [2.45, 2.75) is 57.8 Å². The number of hydrogen-bond donors (Lipinski definition) is 1. The standard InChI is InChI=1S/C18H26N2O4/c1-23-17(21)13-8-6-4-2-3-5-7-9-14-24-18(22)15-11-10-12-16(15)20-19/h10-12H,2-9,13-14H2,1H3/p+1/b18-15+. The van der Waals surface area contributed by atoms with Crippen LogP contribution in [0.25, 0.3) is 4.98 Å².